The Morgan fingerprint density at radius 1 is 1.21 bits per heavy atom. The Balaban J connectivity index is 1.77. The van der Waals surface area contributed by atoms with Gasteiger partial charge in [-0.25, -0.2) is 4.52 Å². The van der Waals surface area contributed by atoms with Crippen LogP contribution >= 0.6 is 11.6 Å². The molecule has 34 heavy (non-hydrogen) atoms. The van der Waals surface area contributed by atoms with Crippen LogP contribution in [-0.4, -0.2) is 52.5 Å². The lowest BCUT2D eigenvalue weighted by molar-refractivity contribution is 0.0870. The number of rotatable bonds is 7. The van der Waals surface area contributed by atoms with Gasteiger partial charge in [-0.1, -0.05) is 25.4 Å². The summed E-state index contributed by atoms with van der Waals surface area (Å²) in [6.07, 6.45) is 8.77. The van der Waals surface area contributed by atoms with Crippen molar-refractivity contribution in [1.29, 1.82) is 0 Å². The number of nitrogen functional groups attached to an aromatic ring is 1. The molecule has 0 spiro atoms. The fraction of sp³-hybridized carbons (Fsp3) is 0.348. The zero-order valence-corrected chi connectivity index (χ0v) is 20.2. The highest BCUT2D eigenvalue weighted by atomic mass is 35.5. The number of aromatic nitrogens is 6. The Bertz CT molecular complexity index is 1340. The number of hydrogen-bond donors (Lipinski definition) is 3. The zero-order chi connectivity index (χ0) is 24.6. The summed E-state index contributed by atoms with van der Waals surface area (Å²) in [6, 6.07) is 3.52. The van der Waals surface area contributed by atoms with Gasteiger partial charge in [-0.05, 0) is 37.5 Å². The van der Waals surface area contributed by atoms with E-state index in [0.29, 0.717) is 16.2 Å². The van der Waals surface area contributed by atoms with Crippen LogP contribution in [0.4, 0.5) is 5.95 Å². The second kappa shape index (κ2) is 9.03. The third kappa shape index (κ3) is 4.73. The minimum atomic E-state index is -0.810. The van der Waals surface area contributed by atoms with E-state index >= 15 is 0 Å². The molecule has 4 aromatic heterocycles. The van der Waals surface area contributed by atoms with E-state index in [2.05, 4.69) is 39.3 Å². The standard InChI is InChI=1S/C23H27ClN8O2/c1-13(2)19(14-5-17(24)9-26-7-14)31-11-16(8-27-31)15-6-18(21(34)29-23(3,4)12-33)20-28-22(25)30-32(20)10-15/h5-11,13,19,33H,12H2,1-4H3,(H2,25,30)(H,29,34). The van der Waals surface area contributed by atoms with Crippen molar-refractivity contribution in [3.05, 3.63) is 59.3 Å². The van der Waals surface area contributed by atoms with Gasteiger partial charge >= 0.3 is 0 Å². The van der Waals surface area contributed by atoms with E-state index in [0.717, 1.165) is 11.1 Å². The first-order valence-corrected chi connectivity index (χ1v) is 11.2. The van der Waals surface area contributed by atoms with Gasteiger partial charge in [-0.2, -0.15) is 10.1 Å². The Morgan fingerprint density at radius 2 is 1.97 bits per heavy atom. The number of nitrogens with one attached hydrogen (secondary N) is 1. The topological polar surface area (TPSA) is 136 Å². The van der Waals surface area contributed by atoms with Crippen LogP contribution in [0.15, 0.2) is 43.1 Å². The second-order valence-corrected chi connectivity index (χ2v) is 9.65. The number of carbonyl (C=O) groups is 1. The lowest BCUT2D eigenvalue weighted by Gasteiger charge is -2.23. The van der Waals surface area contributed by atoms with Crippen molar-refractivity contribution in [3.8, 4) is 11.1 Å². The Hall–Kier alpha value is -3.50. The summed E-state index contributed by atoms with van der Waals surface area (Å²) in [6.45, 7) is 7.44. The SMILES string of the molecule is CC(C)C(c1cncc(Cl)c1)n1cc(-c2cc(C(=O)NC(C)(C)CO)c3nc(N)nn3c2)cn1. The van der Waals surface area contributed by atoms with E-state index in [4.69, 9.17) is 17.3 Å². The third-order valence-electron chi connectivity index (χ3n) is 5.46. The smallest absolute Gasteiger partial charge is 0.255 e. The van der Waals surface area contributed by atoms with Gasteiger partial charge in [0.25, 0.3) is 5.91 Å². The van der Waals surface area contributed by atoms with E-state index in [-0.39, 0.29) is 30.1 Å². The first kappa shape index (κ1) is 23.7. The van der Waals surface area contributed by atoms with E-state index < -0.39 is 11.4 Å². The normalized spacial score (nSPS) is 12.9. The summed E-state index contributed by atoms with van der Waals surface area (Å²) >= 11 is 6.17. The number of hydrogen-bond acceptors (Lipinski definition) is 7. The molecule has 1 unspecified atom stereocenters. The maximum Gasteiger partial charge on any atom is 0.255 e. The fourth-order valence-corrected chi connectivity index (χ4v) is 4.00. The second-order valence-electron chi connectivity index (χ2n) is 9.21. The monoisotopic (exact) mass is 482 g/mol. The minimum absolute atomic E-state index is 0.0524. The first-order valence-electron chi connectivity index (χ1n) is 10.8. The van der Waals surface area contributed by atoms with Gasteiger partial charge in [0.1, 0.15) is 0 Å². The highest BCUT2D eigenvalue weighted by molar-refractivity contribution is 6.30. The van der Waals surface area contributed by atoms with E-state index in [9.17, 15) is 9.90 Å². The minimum Gasteiger partial charge on any atom is -0.394 e. The molecule has 4 N–H and O–H groups in total. The van der Waals surface area contributed by atoms with Gasteiger partial charge in [0.2, 0.25) is 5.95 Å². The predicted octanol–water partition coefficient (Wildman–Crippen LogP) is 2.97. The molecule has 0 aliphatic rings. The largest absolute Gasteiger partial charge is 0.394 e. The molecule has 1 atom stereocenters. The lowest BCUT2D eigenvalue weighted by atomic mass is 9.97. The molecule has 4 aromatic rings. The van der Waals surface area contributed by atoms with Crippen LogP contribution < -0.4 is 11.1 Å². The number of halogens is 1. The third-order valence-corrected chi connectivity index (χ3v) is 5.67. The molecule has 0 saturated heterocycles. The number of anilines is 1. The zero-order valence-electron chi connectivity index (χ0n) is 19.4. The van der Waals surface area contributed by atoms with Crippen LogP contribution in [0.2, 0.25) is 5.02 Å². The molecule has 0 bridgehead atoms. The van der Waals surface area contributed by atoms with Crippen molar-refractivity contribution in [2.45, 2.75) is 39.3 Å². The van der Waals surface area contributed by atoms with Gasteiger partial charge in [-0.3, -0.25) is 14.5 Å². The van der Waals surface area contributed by atoms with Crippen molar-refractivity contribution in [2.75, 3.05) is 12.3 Å². The molecule has 0 aliphatic carbocycles. The molecule has 11 heteroatoms. The van der Waals surface area contributed by atoms with Crippen LogP contribution in [0.25, 0.3) is 16.8 Å². The number of nitrogens with two attached hydrogens (primary N) is 1. The first-order chi connectivity index (χ1) is 16.1. The lowest BCUT2D eigenvalue weighted by Crippen LogP contribution is -2.46. The molecule has 0 fully saturated rings. The summed E-state index contributed by atoms with van der Waals surface area (Å²) in [5, 5.41) is 21.7. The summed E-state index contributed by atoms with van der Waals surface area (Å²) in [5.74, 6) is -0.125. The van der Waals surface area contributed by atoms with Crippen molar-refractivity contribution < 1.29 is 9.90 Å². The number of amides is 1. The molecule has 0 saturated carbocycles. The average molecular weight is 483 g/mol. The molecule has 4 rings (SSSR count). The molecule has 0 radical (unpaired) electrons. The van der Waals surface area contributed by atoms with Crippen LogP contribution in [0.1, 0.15) is 49.7 Å². The van der Waals surface area contributed by atoms with Crippen molar-refractivity contribution >= 4 is 29.1 Å². The van der Waals surface area contributed by atoms with Crippen LogP contribution in [0.3, 0.4) is 0 Å². The number of fused-ring (bicyclic) bond motifs is 1. The Morgan fingerprint density at radius 3 is 2.65 bits per heavy atom. The molecule has 10 nitrogen and oxygen atoms in total. The highest BCUT2D eigenvalue weighted by Gasteiger charge is 2.24. The molecule has 1 amide bonds. The quantitative estimate of drug-likeness (QED) is 0.368. The Labute approximate surface area is 201 Å². The maximum absolute atomic E-state index is 13.1. The average Bonchev–Trinajstić information content (AvgIpc) is 3.38. The van der Waals surface area contributed by atoms with Crippen LogP contribution in [0, 0.1) is 5.92 Å². The van der Waals surface area contributed by atoms with Gasteiger partial charge in [0.05, 0.1) is 35.0 Å². The van der Waals surface area contributed by atoms with E-state index in [1.54, 1.807) is 44.7 Å². The van der Waals surface area contributed by atoms with Crippen molar-refractivity contribution in [1.82, 2.24) is 34.7 Å². The Kier molecular flexibility index (Phi) is 6.28. The van der Waals surface area contributed by atoms with E-state index in [1.807, 2.05) is 16.9 Å². The van der Waals surface area contributed by atoms with Gasteiger partial charge in [0, 0.05) is 35.9 Å². The molecule has 4 heterocycles. The summed E-state index contributed by atoms with van der Waals surface area (Å²) in [7, 11) is 0. The molecule has 0 aromatic carbocycles. The molecule has 0 aliphatic heterocycles. The number of aliphatic hydroxyl groups excluding tert-OH is 1. The predicted molar refractivity (Wildman–Crippen MR) is 129 cm³/mol. The van der Waals surface area contributed by atoms with Crippen LogP contribution in [-0.2, 0) is 0 Å². The number of aliphatic hydroxyl groups is 1. The van der Waals surface area contributed by atoms with Crippen molar-refractivity contribution in [2.24, 2.45) is 5.92 Å². The van der Waals surface area contributed by atoms with Crippen molar-refractivity contribution in [3.63, 3.8) is 0 Å². The molecular formula is C23H27ClN8O2. The summed E-state index contributed by atoms with van der Waals surface area (Å²) in [4.78, 5) is 21.5. The summed E-state index contributed by atoms with van der Waals surface area (Å²) < 4.78 is 3.34. The van der Waals surface area contributed by atoms with Gasteiger partial charge in [-0.15, -0.1) is 5.10 Å². The maximum atomic E-state index is 13.1. The fourth-order valence-electron chi connectivity index (χ4n) is 3.81. The van der Waals surface area contributed by atoms with Gasteiger partial charge < -0.3 is 16.2 Å². The van der Waals surface area contributed by atoms with Crippen LogP contribution in [0.5, 0.6) is 0 Å². The number of carbonyl (C=O) groups excluding carboxylic acids is 1. The molecular weight excluding hydrogens is 456 g/mol. The van der Waals surface area contributed by atoms with Gasteiger partial charge in [0.15, 0.2) is 5.65 Å². The van der Waals surface area contributed by atoms with E-state index in [1.165, 1.54) is 4.52 Å². The highest BCUT2D eigenvalue weighted by Crippen LogP contribution is 2.30. The number of pyridine rings is 2. The molecule has 178 valence electrons. The number of nitrogens with zero attached hydrogens (tertiary/aromatic N) is 6. The summed E-state index contributed by atoms with van der Waals surface area (Å²) in [5.41, 5.74) is 8.05.